The molecule has 3 aliphatic heterocycles. The third kappa shape index (κ3) is 6.60. The molecule has 1 spiro atoms. The van der Waals surface area contributed by atoms with E-state index in [9.17, 15) is 40.7 Å². The van der Waals surface area contributed by atoms with Crippen LogP contribution in [0.25, 0.3) is 6.08 Å². The molecule has 0 radical (unpaired) electrons. The van der Waals surface area contributed by atoms with Crippen LogP contribution in [0.5, 0.6) is 0 Å². The molecule has 2 fully saturated rings. The van der Waals surface area contributed by atoms with Crippen molar-refractivity contribution in [2.24, 2.45) is 4.99 Å². The fraction of sp³-hybridized carbons (Fsp3) is 0.469. The number of nitrogens with zero attached hydrogens (tertiary/aromatic N) is 3. The molecule has 46 heavy (non-hydrogen) atoms. The Hall–Kier alpha value is -3.62. The molecule has 0 atom stereocenters. The van der Waals surface area contributed by atoms with Crippen molar-refractivity contribution in [3.63, 3.8) is 0 Å². The number of likely N-dealkylation sites (tertiary alicyclic amines) is 1. The number of piperidine rings is 2. The van der Waals surface area contributed by atoms with Crippen molar-refractivity contribution in [3.05, 3.63) is 74.7 Å². The number of nitrogens with one attached hydrogen (secondary N) is 1. The molecule has 3 heterocycles. The molecular weight excluding hydrogens is 628 g/mol. The molecule has 0 unspecified atom stereocenters. The number of hydrogen-bond donors (Lipinski definition) is 2. The van der Waals surface area contributed by atoms with Crippen molar-refractivity contribution in [2.45, 2.75) is 63.8 Å². The molecular formula is C32H36F4N4O5S. The summed E-state index contributed by atoms with van der Waals surface area (Å²) in [7, 11) is -3.89. The van der Waals surface area contributed by atoms with E-state index >= 15 is 0 Å². The van der Waals surface area contributed by atoms with Crippen molar-refractivity contribution in [2.75, 3.05) is 32.9 Å². The number of aliphatic hydroxyl groups is 1. The van der Waals surface area contributed by atoms with E-state index in [0.29, 0.717) is 27.8 Å². The minimum atomic E-state index is -4.50. The average Bonchev–Trinajstić information content (AvgIpc) is 3.31. The summed E-state index contributed by atoms with van der Waals surface area (Å²) in [4.78, 5) is 32.2. The first-order valence-electron chi connectivity index (χ1n) is 14.9. The van der Waals surface area contributed by atoms with E-state index in [1.807, 2.05) is 0 Å². The number of amidine groups is 1. The lowest BCUT2D eigenvalue weighted by Gasteiger charge is -2.36. The van der Waals surface area contributed by atoms with Gasteiger partial charge < -0.3 is 15.3 Å². The quantitative estimate of drug-likeness (QED) is 0.447. The van der Waals surface area contributed by atoms with Crippen LogP contribution in [-0.4, -0.2) is 84.4 Å². The lowest BCUT2D eigenvalue weighted by atomic mass is 9.89. The Morgan fingerprint density at radius 3 is 2.15 bits per heavy atom. The van der Waals surface area contributed by atoms with Crippen LogP contribution < -0.4 is 5.32 Å². The van der Waals surface area contributed by atoms with Gasteiger partial charge in [-0.1, -0.05) is 6.07 Å². The largest absolute Gasteiger partial charge is 0.416 e. The van der Waals surface area contributed by atoms with E-state index < -0.39 is 45.5 Å². The molecule has 0 bridgehead atoms. The summed E-state index contributed by atoms with van der Waals surface area (Å²) in [5.41, 5.74) is -0.615. The maximum Gasteiger partial charge on any atom is 0.416 e. The van der Waals surface area contributed by atoms with E-state index in [0.717, 1.165) is 11.5 Å². The van der Waals surface area contributed by atoms with E-state index in [1.165, 1.54) is 29.4 Å². The Balaban J connectivity index is 1.25. The predicted molar refractivity (Wildman–Crippen MR) is 164 cm³/mol. The number of carbonyl (C=O) groups is 2. The smallest absolute Gasteiger partial charge is 0.387 e. The number of amides is 2. The summed E-state index contributed by atoms with van der Waals surface area (Å²) in [6.07, 6.45) is -2.52. The molecule has 0 aromatic heterocycles. The molecule has 14 heteroatoms. The van der Waals surface area contributed by atoms with Gasteiger partial charge in [0.15, 0.2) is 0 Å². The first-order valence-corrected chi connectivity index (χ1v) is 16.4. The second kappa shape index (κ2) is 12.2. The zero-order valence-electron chi connectivity index (χ0n) is 25.7. The minimum Gasteiger partial charge on any atom is -0.387 e. The van der Waals surface area contributed by atoms with Gasteiger partial charge in [-0.25, -0.2) is 12.8 Å². The number of rotatable bonds is 6. The molecule has 2 saturated heterocycles. The van der Waals surface area contributed by atoms with E-state index in [2.05, 4.69) is 10.3 Å². The monoisotopic (exact) mass is 664 g/mol. The van der Waals surface area contributed by atoms with Crippen molar-refractivity contribution in [3.8, 4) is 0 Å². The molecule has 3 aliphatic rings. The predicted octanol–water partition coefficient (Wildman–Crippen LogP) is 4.28. The molecule has 0 aliphatic carbocycles. The van der Waals surface area contributed by atoms with Crippen molar-refractivity contribution < 1.29 is 40.7 Å². The first-order chi connectivity index (χ1) is 21.5. The number of aryl methyl sites for hydroxylation is 3. The zero-order valence-corrected chi connectivity index (χ0v) is 26.6. The van der Waals surface area contributed by atoms with Gasteiger partial charge in [0.25, 0.3) is 11.8 Å². The first kappa shape index (κ1) is 33.7. The van der Waals surface area contributed by atoms with Gasteiger partial charge in [0, 0.05) is 42.7 Å². The molecule has 2 aromatic rings. The summed E-state index contributed by atoms with van der Waals surface area (Å²) in [6.45, 7) is 4.51. The molecule has 2 N–H and O–H groups in total. The number of aliphatic imine (C=N–C) groups is 1. The SMILES string of the molecule is Cc1cc(C2=NC3(CCN(S(=O)(=O)/C=C/c4c(C)cc(C(=O)N5CCC(O)(CF)CC5)cc4C)CC3)C(=O)N2)ccc1C(F)(F)F. The molecule has 2 aromatic carbocycles. The Morgan fingerprint density at radius 2 is 1.61 bits per heavy atom. The highest BCUT2D eigenvalue weighted by atomic mass is 32.2. The van der Waals surface area contributed by atoms with Gasteiger partial charge >= 0.3 is 6.18 Å². The summed E-state index contributed by atoms with van der Waals surface area (Å²) >= 11 is 0. The van der Waals surface area contributed by atoms with E-state index in [-0.39, 0.29) is 69.2 Å². The lowest BCUT2D eigenvalue weighted by Crippen LogP contribution is -2.50. The van der Waals surface area contributed by atoms with Crippen LogP contribution in [0.4, 0.5) is 17.6 Å². The number of hydrogen-bond acceptors (Lipinski definition) is 6. The number of carbonyl (C=O) groups excluding carboxylic acids is 2. The van der Waals surface area contributed by atoms with Crippen LogP contribution >= 0.6 is 0 Å². The van der Waals surface area contributed by atoms with Crippen molar-refractivity contribution in [1.29, 1.82) is 0 Å². The number of benzene rings is 2. The van der Waals surface area contributed by atoms with Gasteiger partial charge in [0.05, 0.1) is 11.2 Å². The average molecular weight is 665 g/mol. The standard InChI is InChI=1S/C32H36F4N4O5S/c1-20-16-24(28(41)39-11-7-30(43,19-33)8-12-39)17-21(2)25(20)6-15-46(44,45)40-13-9-31(10-14-40)29(42)37-27(38-31)23-4-5-26(22(3)18-23)32(34,35)36/h4-6,15-18,43H,7-14,19H2,1-3H3,(H,37,38,42)/b15-6+. The van der Waals surface area contributed by atoms with Crippen LogP contribution in [0.2, 0.25) is 0 Å². The third-order valence-corrected chi connectivity index (χ3v) is 10.7. The van der Waals surface area contributed by atoms with Crippen LogP contribution in [0.3, 0.4) is 0 Å². The van der Waals surface area contributed by atoms with Gasteiger partial charge in [-0.2, -0.15) is 17.5 Å². The Morgan fingerprint density at radius 1 is 1.00 bits per heavy atom. The molecule has 5 rings (SSSR count). The summed E-state index contributed by atoms with van der Waals surface area (Å²) in [5, 5.41) is 13.9. The highest BCUT2D eigenvalue weighted by Gasteiger charge is 2.47. The van der Waals surface area contributed by atoms with Crippen LogP contribution in [0, 0.1) is 20.8 Å². The number of halogens is 4. The van der Waals surface area contributed by atoms with Gasteiger partial charge in [-0.15, -0.1) is 0 Å². The fourth-order valence-corrected chi connectivity index (χ4v) is 7.45. The van der Waals surface area contributed by atoms with Crippen LogP contribution in [0.15, 0.2) is 40.7 Å². The summed E-state index contributed by atoms with van der Waals surface area (Å²) < 4.78 is 80.4. The maximum absolute atomic E-state index is 13.3. The number of sulfonamides is 1. The van der Waals surface area contributed by atoms with Crippen molar-refractivity contribution in [1.82, 2.24) is 14.5 Å². The molecule has 2 amide bonds. The summed E-state index contributed by atoms with van der Waals surface area (Å²) in [5.74, 6) is -0.503. The Kier molecular flexibility index (Phi) is 8.94. The van der Waals surface area contributed by atoms with Crippen LogP contribution in [0.1, 0.15) is 69.4 Å². The molecule has 0 saturated carbocycles. The lowest BCUT2D eigenvalue weighted by molar-refractivity contribution is -0.138. The number of alkyl halides is 4. The van der Waals surface area contributed by atoms with Crippen LogP contribution in [-0.2, 0) is 21.0 Å². The zero-order chi connectivity index (χ0) is 33.7. The van der Waals surface area contributed by atoms with Gasteiger partial charge in [-0.05, 0) is 99.0 Å². The van der Waals surface area contributed by atoms with Gasteiger partial charge in [0.2, 0.25) is 10.0 Å². The molecule has 9 nitrogen and oxygen atoms in total. The second-order valence-corrected chi connectivity index (χ2v) is 14.2. The highest BCUT2D eigenvalue weighted by molar-refractivity contribution is 7.92. The van der Waals surface area contributed by atoms with E-state index in [4.69, 9.17) is 0 Å². The maximum atomic E-state index is 13.3. The third-order valence-electron chi connectivity index (χ3n) is 9.17. The highest BCUT2D eigenvalue weighted by Crippen LogP contribution is 2.35. The fourth-order valence-electron chi connectivity index (χ4n) is 6.28. The van der Waals surface area contributed by atoms with Crippen molar-refractivity contribution >= 4 is 33.7 Å². The van der Waals surface area contributed by atoms with Gasteiger partial charge in [0.1, 0.15) is 18.0 Å². The normalized spacial score (nSPS) is 20.3. The minimum absolute atomic E-state index is 0.00213. The Labute approximate surface area is 265 Å². The Bertz CT molecular complexity index is 1700. The molecule has 248 valence electrons. The van der Waals surface area contributed by atoms with E-state index in [1.54, 1.807) is 30.9 Å². The summed E-state index contributed by atoms with van der Waals surface area (Å²) in [6, 6.07) is 6.88. The topological polar surface area (TPSA) is 119 Å². The van der Waals surface area contributed by atoms with Gasteiger partial charge in [-0.3, -0.25) is 14.6 Å². The second-order valence-electron chi connectivity index (χ2n) is 12.4.